The summed E-state index contributed by atoms with van der Waals surface area (Å²) in [5.41, 5.74) is 0.601. The first-order valence-corrected chi connectivity index (χ1v) is 8.11. The van der Waals surface area contributed by atoms with Crippen molar-refractivity contribution in [2.45, 2.75) is 31.0 Å². The zero-order valence-corrected chi connectivity index (χ0v) is 13.5. The zero-order chi connectivity index (χ0) is 14.2. The van der Waals surface area contributed by atoms with Crippen LogP contribution in [0.4, 0.5) is 0 Å². The average Bonchev–Trinajstić information content (AvgIpc) is 2.88. The van der Waals surface area contributed by atoms with Crippen molar-refractivity contribution < 1.29 is 14.6 Å². The minimum atomic E-state index is -0.554. The van der Waals surface area contributed by atoms with Crippen molar-refractivity contribution in [1.82, 2.24) is 0 Å². The number of rotatable bonds is 2. The molecule has 3 atom stereocenters. The van der Waals surface area contributed by atoms with Gasteiger partial charge in [-0.3, -0.25) is 0 Å². The number of aliphatic hydroxyl groups excluding tert-OH is 1. The van der Waals surface area contributed by atoms with Crippen LogP contribution in [-0.4, -0.2) is 30.5 Å². The van der Waals surface area contributed by atoms with Gasteiger partial charge in [-0.05, 0) is 37.0 Å². The normalized spacial score (nSPS) is 31.6. The summed E-state index contributed by atoms with van der Waals surface area (Å²) in [6.45, 7) is 2.07. The van der Waals surface area contributed by atoms with Crippen LogP contribution in [0.15, 0.2) is 22.7 Å². The van der Waals surface area contributed by atoms with Gasteiger partial charge in [0.2, 0.25) is 0 Å². The van der Waals surface area contributed by atoms with Crippen LogP contribution in [0, 0.1) is 5.92 Å². The van der Waals surface area contributed by atoms with Gasteiger partial charge in [-0.2, -0.15) is 0 Å². The second-order valence-electron chi connectivity index (χ2n) is 5.70. The molecule has 5 heteroatoms. The van der Waals surface area contributed by atoms with E-state index in [9.17, 15) is 5.11 Å². The average molecular weight is 362 g/mol. The molecule has 2 aliphatic heterocycles. The molecule has 20 heavy (non-hydrogen) atoms. The Bertz CT molecular complexity index is 488. The number of aliphatic hydroxyl groups is 1. The highest BCUT2D eigenvalue weighted by Crippen LogP contribution is 2.42. The monoisotopic (exact) mass is 360 g/mol. The summed E-state index contributed by atoms with van der Waals surface area (Å²) in [4.78, 5) is 0. The highest BCUT2D eigenvalue weighted by atomic mass is 79.9. The molecule has 3 nitrogen and oxygen atoms in total. The predicted octanol–water partition coefficient (Wildman–Crippen LogP) is 3.72. The van der Waals surface area contributed by atoms with Crippen molar-refractivity contribution in [1.29, 1.82) is 0 Å². The molecule has 0 saturated carbocycles. The van der Waals surface area contributed by atoms with Gasteiger partial charge in [0.05, 0.1) is 18.3 Å². The SMILES string of the molecule is OC(c1cc(Br)ccc1Cl)C1CCOC2(CCOC2)C1. The Kier molecular flexibility index (Phi) is 4.39. The smallest absolute Gasteiger partial charge is 0.0940 e. The Morgan fingerprint density at radius 3 is 3.00 bits per heavy atom. The molecule has 110 valence electrons. The summed E-state index contributed by atoms with van der Waals surface area (Å²) < 4.78 is 12.3. The quantitative estimate of drug-likeness (QED) is 0.872. The largest absolute Gasteiger partial charge is 0.388 e. The molecule has 1 spiro atoms. The van der Waals surface area contributed by atoms with Crippen LogP contribution in [0.25, 0.3) is 0 Å². The Balaban J connectivity index is 1.79. The van der Waals surface area contributed by atoms with Gasteiger partial charge in [-0.1, -0.05) is 27.5 Å². The van der Waals surface area contributed by atoms with Gasteiger partial charge in [0.15, 0.2) is 0 Å². The number of hydrogen-bond donors (Lipinski definition) is 1. The van der Waals surface area contributed by atoms with Crippen LogP contribution in [-0.2, 0) is 9.47 Å². The van der Waals surface area contributed by atoms with Gasteiger partial charge in [-0.15, -0.1) is 0 Å². The molecule has 1 N–H and O–H groups in total. The van der Waals surface area contributed by atoms with Crippen molar-refractivity contribution in [3.8, 4) is 0 Å². The molecule has 0 radical (unpaired) electrons. The maximum atomic E-state index is 10.7. The lowest BCUT2D eigenvalue weighted by Crippen LogP contribution is -2.41. The molecule has 0 bridgehead atoms. The summed E-state index contributed by atoms with van der Waals surface area (Å²) in [7, 11) is 0. The first kappa shape index (κ1) is 14.8. The van der Waals surface area contributed by atoms with Crippen LogP contribution in [0.3, 0.4) is 0 Å². The summed E-state index contributed by atoms with van der Waals surface area (Å²) in [6.07, 6.45) is 2.05. The summed E-state index contributed by atoms with van der Waals surface area (Å²) in [5, 5.41) is 11.3. The third-order valence-corrected chi connectivity index (χ3v) is 5.16. The predicted molar refractivity (Wildman–Crippen MR) is 81.0 cm³/mol. The summed E-state index contributed by atoms with van der Waals surface area (Å²) in [6, 6.07) is 5.60. The minimum Gasteiger partial charge on any atom is -0.388 e. The first-order valence-electron chi connectivity index (χ1n) is 6.94. The number of ether oxygens (including phenoxy) is 2. The van der Waals surface area contributed by atoms with E-state index in [1.807, 2.05) is 18.2 Å². The highest BCUT2D eigenvalue weighted by molar-refractivity contribution is 9.10. The second-order valence-corrected chi connectivity index (χ2v) is 7.02. The van der Waals surface area contributed by atoms with Gasteiger partial charge in [-0.25, -0.2) is 0 Å². The lowest BCUT2D eigenvalue weighted by molar-refractivity contribution is -0.117. The number of benzene rings is 1. The number of halogens is 2. The molecule has 1 aromatic carbocycles. The maximum Gasteiger partial charge on any atom is 0.0940 e. The second kappa shape index (κ2) is 5.93. The molecule has 3 rings (SSSR count). The van der Waals surface area contributed by atoms with Crippen LogP contribution in [0.5, 0.6) is 0 Å². The fraction of sp³-hybridized carbons (Fsp3) is 0.600. The molecule has 0 aliphatic carbocycles. The maximum absolute atomic E-state index is 10.7. The van der Waals surface area contributed by atoms with Crippen molar-refractivity contribution >= 4 is 27.5 Å². The topological polar surface area (TPSA) is 38.7 Å². The fourth-order valence-corrected chi connectivity index (χ4v) is 3.80. The molecular weight excluding hydrogens is 344 g/mol. The summed E-state index contributed by atoms with van der Waals surface area (Å²) >= 11 is 9.66. The molecule has 2 heterocycles. The standard InChI is InChI=1S/C15H18BrClO3/c16-11-1-2-13(17)12(7-11)14(18)10-3-5-20-15(8-10)4-6-19-9-15/h1-2,7,10,14,18H,3-6,8-9H2. The third kappa shape index (κ3) is 2.90. The van der Waals surface area contributed by atoms with Crippen molar-refractivity contribution in [3.05, 3.63) is 33.3 Å². The molecule has 2 saturated heterocycles. The van der Waals surface area contributed by atoms with E-state index in [-0.39, 0.29) is 11.5 Å². The molecule has 1 aromatic rings. The Morgan fingerprint density at radius 1 is 1.40 bits per heavy atom. The van der Waals surface area contributed by atoms with Gasteiger partial charge in [0.1, 0.15) is 0 Å². The van der Waals surface area contributed by atoms with E-state index >= 15 is 0 Å². The van der Waals surface area contributed by atoms with E-state index in [2.05, 4.69) is 15.9 Å². The van der Waals surface area contributed by atoms with Crippen molar-refractivity contribution in [2.24, 2.45) is 5.92 Å². The molecule has 0 amide bonds. The van der Waals surface area contributed by atoms with E-state index < -0.39 is 6.10 Å². The lowest BCUT2D eigenvalue weighted by atomic mass is 9.80. The lowest BCUT2D eigenvalue weighted by Gasteiger charge is -2.39. The third-order valence-electron chi connectivity index (χ3n) is 4.32. The molecule has 2 fully saturated rings. The first-order chi connectivity index (χ1) is 9.60. The van der Waals surface area contributed by atoms with E-state index in [4.69, 9.17) is 21.1 Å². The van der Waals surface area contributed by atoms with E-state index in [0.29, 0.717) is 18.2 Å². The van der Waals surface area contributed by atoms with Crippen LogP contribution in [0.2, 0.25) is 5.02 Å². The minimum absolute atomic E-state index is 0.164. The molecular formula is C15H18BrClO3. The zero-order valence-electron chi connectivity index (χ0n) is 11.1. The van der Waals surface area contributed by atoms with E-state index in [0.717, 1.165) is 35.9 Å². The van der Waals surface area contributed by atoms with Gasteiger partial charge >= 0.3 is 0 Å². The Hall–Kier alpha value is -0.130. The summed E-state index contributed by atoms with van der Waals surface area (Å²) in [5.74, 6) is 0.164. The van der Waals surface area contributed by atoms with Crippen LogP contribution in [0.1, 0.15) is 30.9 Å². The van der Waals surface area contributed by atoms with Crippen LogP contribution < -0.4 is 0 Å². The Labute approximate surface area is 132 Å². The van der Waals surface area contributed by atoms with Gasteiger partial charge in [0, 0.05) is 34.7 Å². The van der Waals surface area contributed by atoms with Crippen molar-refractivity contribution in [2.75, 3.05) is 19.8 Å². The highest BCUT2D eigenvalue weighted by Gasteiger charge is 2.43. The van der Waals surface area contributed by atoms with Gasteiger partial charge in [0.25, 0.3) is 0 Å². The van der Waals surface area contributed by atoms with Crippen LogP contribution >= 0.6 is 27.5 Å². The fourth-order valence-electron chi connectivity index (χ4n) is 3.19. The number of hydrogen-bond acceptors (Lipinski definition) is 3. The Morgan fingerprint density at radius 2 is 2.25 bits per heavy atom. The molecule has 2 aliphatic rings. The van der Waals surface area contributed by atoms with E-state index in [1.54, 1.807) is 0 Å². The van der Waals surface area contributed by atoms with Gasteiger partial charge < -0.3 is 14.6 Å². The van der Waals surface area contributed by atoms with E-state index in [1.165, 1.54) is 0 Å². The molecule has 0 aromatic heterocycles. The molecule has 3 unspecified atom stereocenters. The van der Waals surface area contributed by atoms with Crippen molar-refractivity contribution in [3.63, 3.8) is 0 Å².